The van der Waals surface area contributed by atoms with Gasteiger partial charge in [0.25, 0.3) is 16.0 Å². The summed E-state index contributed by atoms with van der Waals surface area (Å²) in [7, 11) is -4.53. The van der Waals surface area contributed by atoms with Crippen molar-refractivity contribution in [2.45, 2.75) is 51.9 Å². The summed E-state index contributed by atoms with van der Waals surface area (Å²) >= 11 is 13.5. The first-order chi connectivity index (χ1) is 23.0. The van der Waals surface area contributed by atoms with E-state index in [0.717, 1.165) is 30.9 Å². The number of anilines is 3. The van der Waals surface area contributed by atoms with E-state index in [9.17, 15) is 27.8 Å². The molecule has 4 rings (SSSR count). The number of carbonyl (C=O) groups excluding carboxylic acids is 2. The van der Waals surface area contributed by atoms with E-state index in [1.54, 1.807) is 12.1 Å². The summed E-state index contributed by atoms with van der Waals surface area (Å²) in [5.41, 5.74) is 1.80. The maximum absolute atomic E-state index is 12.9. The van der Waals surface area contributed by atoms with Crippen LogP contribution in [-0.2, 0) is 20.3 Å². The van der Waals surface area contributed by atoms with Crippen LogP contribution in [0.3, 0.4) is 0 Å². The Morgan fingerprint density at radius 3 is 2.22 bits per heavy atom. The third kappa shape index (κ3) is 8.44. The standard InChI is InChI=1S/C33H34Cl2N8O5S/c1-7-42(8-2)22-12-13-27(28(17-22)37-19(3)44)39-40-31-24(18-36)30(33(4,5)6)41-43(31)29-25(34)15-21(16-26(29)35)38-32(45)20-10-9-11-23(14-20)49(46,47)48/h9-17H,7-8H2,1-6H3,(H,37,44)(H,38,45)(H,46,47,48). The van der Waals surface area contributed by atoms with Crippen molar-refractivity contribution in [2.75, 3.05) is 28.6 Å². The van der Waals surface area contributed by atoms with Gasteiger partial charge in [0.2, 0.25) is 5.91 Å². The second-order valence-electron chi connectivity index (χ2n) is 11.8. The van der Waals surface area contributed by atoms with Gasteiger partial charge in [-0.05, 0) is 62.4 Å². The van der Waals surface area contributed by atoms with E-state index in [1.807, 2.05) is 40.7 Å². The smallest absolute Gasteiger partial charge is 0.294 e. The minimum absolute atomic E-state index is 0.0247. The lowest BCUT2D eigenvalue weighted by atomic mass is 9.90. The molecule has 0 bridgehead atoms. The molecule has 13 nitrogen and oxygen atoms in total. The zero-order chi connectivity index (χ0) is 36.3. The van der Waals surface area contributed by atoms with Gasteiger partial charge in [-0.1, -0.05) is 50.0 Å². The Labute approximate surface area is 294 Å². The van der Waals surface area contributed by atoms with E-state index < -0.39 is 26.3 Å². The molecule has 0 spiro atoms. The van der Waals surface area contributed by atoms with Crippen LogP contribution in [-0.4, -0.2) is 47.7 Å². The fourth-order valence-electron chi connectivity index (χ4n) is 4.91. The number of amides is 2. The van der Waals surface area contributed by atoms with E-state index in [2.05, 4.69) is 36.9 Å². The van der Waals surface area contributed by atoms with Crippen LogP contribution in [0, 0.1) is 11.3 Å². The van der Waals surface area contributed by atoms with E-state index >= 15 is 0 Å². The Morgan fingerprint density at radius 1 is 1.02 bits per heavy atom. The van der Waals surface area contributed by atoms with Crippen LogP contribution in [0.5, 0.6) is 0 Å². The molecular formula is C33H34Cl2N8O5S. The van der Waals surface area contributed by atoms with Gasteiger partial charge in [0.05, 0.1) is 26.3 Å². The first-order valence-electron chi connectivity index (χ1n) is 15.0. The molecule has 49 heavy (non-hydrogen) atoms. The summed E-state index contributed by atoms with van der Waals surface area (Å²) in [6.45, 7) is 12.6. The second-order valence-corrected chi connectivity index (χ2v) is 14.1. The molecule has 0 fully saturated rings. The van der Waals surface area contributed by atoms with Crippen molar-refractivity contribution in [1.82, 2.24) is 9.78 Å². The maximum atomic E-state index is 12.9. The summed E-state index contributed by atoms with van der Waals surface area (Å²) in [5.74, 6) is -0.970. The summed E-state index contributed by atoms with van der Waals surface area (Å²) in [4.78, 5) is 26.7. The van der Waals surface area contributed by atoms with Crippen LogP contribution in [0.25, 0.3) is 5.69 Å². The molecule has 3 aromatic carbocycles. The number of hydrogen-bond donors (Lipinski definition) is 3. The van der Waals surface area contributed by atoms with Gasteiger partial charge in [-0.3, -0.25) is 14.1 Å². The molecule has 256 valence electrons. The number of nitriles is 1. The average Bonchev–Trinajstić information content (AvgIpc) is 3.39. The predicted octanol–water partition coefficient (Wildman–Crippen LogP) is 8.07. The van der Waals surface area contributed by atoms with Gasteiger partial charge in [-0.2, -0.15) is 18.8 Å². The van der Waals surface area contributed by atoms with E-state index in [0.29, 0.717) is 17.1 Å². The van der Waals surface area contributed by atoms with Crippen LogP contribution in [0.2, 0.25) is 10.0 Å². The molecule has 0 radical (unpaired) electrons. The van der Waals surface area contributed by atoms with Crippen LogP contribution < -0.4 is 15.5 Å². The molecule has 1 heterocycles. The molecule has 0 aliphatic heterocycles. The van der Waals surface area contributed by atoms with Gasteiger partial charge in [0.15, 0.2) is 5.82 Å². The molecule has 0 saturated heterocycles. The summed E-state index contributed by atoms with van der Waals surface area (Å²) in [5, 5.41) is 29.3. The van der Waals surface area contributed by atoms with E-state index in [1.165, 1.54) is 35.9 Å². The van der Waals surface area contributed by atoms with Crippen LogP contribution >= 0.6 is 23.2 Å². The SMILES string of the molecule is CCN(CC)c1ccc(N=Nc2c(C#N)c(C(C)(C)C)nn2-c2c(Cl)cc(NC(=O)c3cccc(S(=O)(=O)O)c3)cc2Cl)c(NC(C)=O)c1. The number of rotatable bonds is 10. The first kappa shape index (κ1) is 37.0. The van der Waals surface area contributed by atoms with Gasteiger partial charge in [0.1, 0.15) is 23.0 Å². The molecule has 3 N–H and O–H groups in total. The first-order valence-corrected chi connectivity index (χ1v) is 17.2. The molecule has 2 amide bonds. The third-order valence-electron chi connectivity index (χ3n) is 7.24. The fourth-order valence-corrected chi connectivity index (χ4v) is 6.09. The van der Waals surface area contributed by atoms with Crippen LogP contribution in [0.1, 0.15) is 63.2 Å². The highest BCUT2D eigenvalue weighted by molar-refractivity contribution is 7.85. The van der Waals surface area contributed by atoms with Crippen molar-refractivity contribution in [1.29, 1.82) is 5.26 Å². The lowest BCUT2D eigenvalue weighted by Crippen LogP contribution is -2.21. The Hall–Kier alpha value is -4.81. The highest BCUT2D eigenvalue weighted by Gasteiger charge is 2.29. The van der Waals surface area contributed by atoms with Gasteiger partial charge in [-0.15, -0.1) is 10.2 Å². The number of nitrogens with one attached hydrogen (secondary N) is 2. The van der Waals surface area contributed by atoms with Gasteiger partial charge in [-0.25, -0.2) is 4.68 Å². The molecule has 1 aromatic heterocycles. The minimum Gasteiger partial charge on any atom is -0.372 e. The van der Waals surface area contributed by atoms with Gasteiger partial charge < -0.3 is 15.5 Å². The molecule has 0 atom stereocenters. The molecule has 0 aliphatic carbocycles. The number of benzene rings is 3. The predicted molar refractivity (Wildman–Crippen MR) is 190 cm³/mol. The van der Waals surface area contributed by atoms with Crippen LogP contribution in [0.15, 0.2) is 69.7 Å². The number of hydrogen-bond acceptors (Lipinski definition) is 9. The van der Waals surface area contributed by atoms with Crippen molar-refractivity contribution < 1.29 is 22.6 Å². The van der Waals surface area contributed by atoms with Crippen molar-refractivity contribution in [3.05, 3.63) is 81.5 Å². The Morgan fingerprint density at radius 2 is 1.67 bits per heavy atom. The highest BCUT2D eigenvalue weighted by atomic mass is 35.5. The molecule has 0 unspecified atom stereocenters. The van der Waals surface area contributed by atoms with Crippen molar-refractivity contribution >= 4 is 73.7 Å². The zero-order valence-corrected chi connectivity index (χ0v) is 29.9. The number of nitrogens with zero attached hydrogens (tertiary/aromatic N) is 6. The molecule has 16 heteroatoms. The van der Waals surface area contributed by atoms with Crippen molar-refractivity contribution in [3.63, 3.8) is 0 Å². The lowest BCUT2D eigenvalue weighted by molar-refractivity contribution is -0.114. The highest BCUT2D eigenvalue weighted by Crippen LogP contribution is 2.40. The lowest BCUT2D eigenvalue weighted by Gasteiger charge is -2.22. The normalized spacial score (nSPS) is 11.8. The van der Waals surface area contributed by atoms with E-state index in [4.69, 9.17) is 23.2 Å². The van der Waals surface area contributed by atoms with Crippen molar-refractivity contribution in [3.8, 4) is 11.8 Å². The zero-order valence-electron chi connectivity index (χ0n) is 27.5. The summed E-state index contributed by atoms with van der Waals surface area (Å²) < 4.78 is 33.7. The molecule has 4 aromatic rings. The summed E-state index contributed by atoms with van der Waals surface area (Å²) in [6.07, 6.45) is 0. The second kappa shape index (κ2) is 14.8. The molecule has 0 saturated carbocycles. The Bertz CT molecular complexity index is 2090. The van der Waals surface area contributed by atoms with Crippen molar-refractivity contribution in [2.24, 2.45) is 10.2 Å². The fraction of sp³-hybridized carbons (Fsp3) is 0.273. The van der Waals surface area contributed by atoms with E-state index in [-0.39, 0.29) is 44.3 Å². The molecule has 0 aliphatic rings. The Kier molecular flexibility index (Phi) is 11.1. The number of carbonyl (C=O) groups is 2. The third-order valence-corrected chi connectivity index (χ3v) is 8.66. The topological polar surface area (TPSA) is 182 Å². The minimum atomic E-state index is -4.53. The molecular weight excluding hydrogens is 691 g/mol. The number of aromatic nitrogens is 2. The largest absolute Gasteiger partial charge is 0.372 e. The van der Waals surface area contributed by atoms with Crippen LogP contribution in [0.4, 0.5) is 28.6 Å². The van der Waals surface area contributed by atoms with Gasteiger partial charge >= 0.3 is 0 Å². The maximum Gasteiger partial charge on any atom is 0.294 e. The summed E-state index contributed by atoms with van der Waals surface area (Å²) in [6, 6.07) is 15.2. The monoisotopic (exact) mass is 724 g/mol. The number of halogens is 2. The Balaban J connectivity index is 1.82. The number of azo groups is 1. The quantitative estimate of drug-likeness (QED) is 0.108. The average molecular weight is 726 g/mol. The van der Waals surface area contributed by atoms with Gasteiger partial charge in [0, 0.05) is 42.4 Å².